The Hall–Kier alpha value is -1.58. The van der Waals surface area contributed by atoms with Crippen LogP contribution in [-0.4, -0.2) is 14.5 Å². The van der Waals surface area contributed by atoms with Gasteiger partial charge in [0.2, 0.25) is 0 Å². The zero-order valence-corrected chi connectivity index (χ0v) is 13.6. The van der Waals surface area contributed by atoms with Crippen molar-refractivity contribution in [3.8, 4) is 5.69 Å². The molecule has 3 rings (SSSR count). The molecule has 2 aromatic heterocycles. The molecule has 0 fully saturated rings. The molecule has 1 atom stereocenters. The third-order valence-corrected chi connectivity index (χ3v) is 3.93. The number of alkyl halides is 1. The Balaban J connectivity index is 2.42. The van der Waals surface area contributed by atoms with E-state index in [1.54, 1.807) is 0 Å². The average Bonchev–Trinajstić information content (AvgIpc) is 2.77. The van der Waals surface area contributed by atoms with E-state index in [2.05, 4.69) is 9.97 Å². The summed E-state index contributed by atoms with van der Waals surface area (Å²) in [4.78, 5) is 9.17. The second kappa shape index (κ2) is 5.32. The number of benzene rings is 1. The summed E-state index contributed by atoms with van der Waals surface area (Å²) in [7, 11) is 0. The molecule has 0 aliphatic carbocycles. The standard InChI is InChI=1S/C16H15Cl2N3/c1-9-7-13-16(19-8-9)21(15(20-13)11(3)17)14-10(2)5-4-6-12(14)18/h4-8,11H,1-3H3. The van der Waals surface area contributed by atoms with Crippen molar-refractivity contribution in [2.45, 2.75) is 26.1 Å². The summed E-state index contributed by atoms with van der Waals surface area (Å²) < 4.78 is 1.96. The minimum Gasteiger partial charge on any atom is -0.278 e. The molecule has 2 heterocycles. The molecule has 5 heteroatoms. The van der Waals surface area contributed by atoms with Crippen LogP contribution in [0.3, 0.4) is 0 Å². The van der Waals surface area contributed by atoms with Crippen LogP contribution in [-0.2, 0) is 0 Å². The van der Waals surface area contributed by atoms with E-state index in [0.717, 1.165) is 33.8 Å². The van der Waals surface area contributed by atoms with Gasteiger partial charge < -0.3 is 0 Å². The maximum Gasteiger partial charge on any atom is 0.164 e. The molecule has 3 nitrogen and oxygen atoms in total. The van der Waals surface area contributed by atoms with Gasteiger partial charge in [0.1, 0.15) is 11.3 Å². The summed E-state index contributed by atoms with van der Waals surface area (Å²) in [6, 6.07) is 7.83. The van der Waals surface area contributed by atoms with Crippen LogP contribution >= 0.6 is 23.2 Å². The van der Waals surface area contributed by atoms with Crippen LogP contribution in [0.4, 0.5) is 0 Å². The summed E-state index contributed by atoms with van der Waals surface area (Å²) in [5.74, 6) is 0.751. The lowest BCUT2D eigenvalue weighted by Gasteiger charge is -2.14. The molecular formula is C16H15Cl2N3. The van der Waals surface area contributed by atoms with Crippen LogP contribution in [0, 0.1) is 13.8 Å². The third kappa shape index (κ3) is 2.41. The Morgan fingerprint density at radius 3 is 2.67 bits per heavy atom. The Kier molecular flexibility index (Phi) is 3.64. The lowest BCUT2D eigenvalue weighted by molar-refractivity contribution is 0.873. The van der Waals surface area contributed by atoms with E-state index in [-0.39, 0.29) is 5.38 Å². The van der Waals surface area contributed by atoms with Crippen molar-refractivity contribution >= 4 is 34.4 Å². The van der Waals surface area contributed by atoms with E-state index in [1.165, 1.54) is 0 Å². The molecule has 0 saturated heterocycles. The highest BCUT2D eigenvalue weighted by Gasteiger charge is 2.20. The number of hydrogen-bond donors (Lipinski definition) is 0. The number of nitrogens with zero attached hydrogens (tertiary/aromatic N) is 3. The van der Waals surface area contributed by atoms with Crippen molar-refractivity contribution in [2.75, 3.05) is 0 Å². The number of halogens is 2. The van der Waals surface area contributed by atoms with Gasteiger partial charge in [0, 0.05) is 6.20 Å². The Labute approximate surface area is 133 Å². The largest absolute Gasteiger partial charge is 0.278 e. The third-order valence-electron chi connectivity index (χ3n) is 3.43. The number of aryl methyl sites for hydroxylation is 2. The van der Waals surface area contributed by atoms with Gasteiger partial charge in [-0.05, 0) is 44.0 Å². The molecule has 0 spiro atoms. The Morgan fingerprint density at radius 1 is 1.24 bits per heavy atom. The highest BCUT2D eigenvalue weighted by atomic mass is 35.5. The fourth-order valence-corrected chi connectivity index (χ4v) is 2.93. The van der Waals surface area contributed by atoms with E-state index >= 15 is 0 Å². The lowest BCUT2D eigenvalue weighted by Crippen LogP contribution is -2.05. The predicted octanol–water partition coefficient (Wildman–Crippen LogP) is 4.99. The first-order valence-corrected chi connectivity index (χ1v) is 7.55. The smallest absolute Gasteiger partial charge is 0.164 e. The number of pyridine rings is 1. The summed E-state index contributed by atoms with van der Waals surface area (Å²) >= 11 is 12.7. The van der Waals surface area contributed by atoms with Gasteiger partial charge in [-0.25, -0.2) is 9.97 Å². The van der Waals surface area contributed by atoms with E-state index < -0.39 is 0 Å². The molecule has 108 valence electrons. The number of rotatable bonds is 2. The van der Waals surface area contributed by atoms with Crippen LogP contribution in [0.5, 0.6) is 0 Å². The second-order valence-corrected chi connectivity index (χ2v) is 6.24. The van der Waals surface area contributed by atoms with Gasteiger partial charge in [-0.15, -0.1) is 11.6 Å². The van der Waals surface area contributed by atoms with Gasteiger partial charge in [-0.3, -0.25) is 4.57 Å². The van der Waals surface area contributed by atoms with Gasteiger partial charge in [0.15, 0.2) is 5.65 Å². The fraction of sp³-hybridized carbons (Fsp3) is 0.250. The van der Waals surface area contributed by atoms with Crippen molar-refractivity contribution < 1.29 is 0 Å². The van der Waals surface area contributed by atoms with E-state index in [4.69, 9.17) is 23.2 Å². The first kappa shape index (κ1) is 14.4. The quantitative estimate of drug-likeness (QED) is 0.623. The molecule has 1 aromatic carbocycles. The van der Waals surface area contributed by atoms with Crippen molar-refractivity contribution in [1.29, 1.82) is 0 Å². The summed E-state index contributed by atoms with van der Waals surface area (Å²) in [6.07, 6.45) is 1.83. The molecule has 21 heavy (non-hydrogen) atoms. The van der Waals surface area contributed by atoms with Crippen LogP contribution in [0.2, 0.25) is 5.02 Å². The SMILES string of the molecule is Cc1cnc2c(c1)nc(C(C)Cl)n2-c1c(C)cccc1Cl. The summed E-state index contributed by atoms with van der Waals surface area (Å²) in [6.45, 7) is 5.91. The van der Waals surface area contributed by atoms with E-state index in [1.807, 2.05) is 55.8 Å². The molecule has 1 unspecified atom stereocenters. The first-order valence-electron chi connectivity index (χ1n) is 6.73. The monoisotopic (exact) mass is 319 g/mol. The van der Waals surface area contributed by atoms with Crippen LogP contribution in [0.1, 0.15) is 29.3 Å². The zero-order valence-electron chi connectivity index (χ0n) is 12.1. The van der Waals surface area contributed by atoms with Gasteiger partial charge in [0.05, 0.1) is 16.1 Å². The molecule has 0 saturated carbocycles. The average molecular weight is 320 g/mol. The molecule has 0 amide bonds. The highest BCUT2D eigenvalue weighted by Crippen LogP contribution is 2.32. The van der Waals surface area contributed by atoms with E-state index in [0.29, 0.717) is 5.02 Å². The van der Waals surface area contributed by atoms with Crippen LogP contribution in [0.15, 0.2) is 30.5 Å². The molecule has 0 aliphatic heterocycles. The first-order chi connectivity index (χ1) is 9.99. The number of fused-ring (bicyclic) bond motifs is 1. The van der Waals surface area contributed by atoms with Gasteiger partial charge in [-0.2, -0.15) is 0 Å². The lowest BCUT2D eigenvalue weighted by atomic mass is 10.2. The van der Waals surface area contributed by atoms with Crippen molar-refractivity contribution in [3.05, 3.63) is 52.4 Å². The molecular weight excluding hydrogens is 305 g/mol. The minimum absolute atomic E-state index is 0.241. The Morgan fingerprint density at radius 2 is 2.00 bits per heavy atom. The van der Waals surface area contributed by atoms with Gasteiger partial charge >= 0.3 is 0 Å². The summed E-state index contributed by atoms with van der Waals surface area (Å²) in [5, 5.41) is 0.422. The maximum atomic E-state index is 6.41. The highest BCUT2D eigenvalue weighted by molar-refractivity contribution is 6.32. The van der Waals surface area contributed by atoms with Crippen LogP contribution in [0.25, 0.3) is 16.9 Å². The minimum atomic E-state index is -0.241. The maximum absolute atomic E-state index is 6.41. The van der Waals surface area contributed by atoms with Crippen LogP contribution < -0.4 is 0 Å². The predicted molar refractivity (Wildman–Crippen MR) is 87.6 cm³/mol. The van der Waals surface area contributed by atoms with Crippen molar-refractivity contribution in [1.82, 2.24) is 14.5 Å². The molecule has 0 bridgehead atoms. The summed E-state index contributed by atoms with van der Waals surface area (Å²) in [5.41, 5.74) is 4.62. The number of imidazole rings is 1. The molecule has 0 aliphatic rings. The molecule has 0 N–H and O–H groups in total. The van der Waals surface area contributed by atoms with Crippen molar-refractivity contribution in [2.24, 2.45) is 0 Å². The topological polar surface area (TPSA) is 30.7 Å². The normalized spacial score (nSPS) is 12.8. The molecule has 3 aromatic rings. The van der Waals surface area contributed by atoms with Crippen molar-refractivity contribution in [3.63, 3.8) is 0 Å². The zero-order chi connectivity index (χ0) is 15.1. The Bertz CT molecular complexity index is 801. The number of hydrogen-bond acceptors (Lipinski definition) is 2. The van der Waals surface area contributed by atoms with Gasteiger partial charge in [-0.1, -0.05) is 23.7 Å². The fourth-order valence-electron chi connectivity index (χ4n) is 2.48. The van der Waals surface area contributed by atoms with Gasteiger partial charge in [0.25, 0.3) is 0 Å². The number of para-hydroxylation sites is 1. The molecule has 0 radical (unpaired) electrons. The van der Waals surface area contributed by atoms with E-state index in [9.17, 15) is 0 Å². The number of aromatic nitrogens is 3. The second-order valence-electron chi connectivity index (χ2n) is 5.18.